The lowest BCUT2D eigenvalue weighted by Gasteiger charge is -2.10. The number of carbonyl (C=O) groups is 1. The lowest BCUT2D eigenvalue weighted by molar-refractivity contribution is 0.101. The highest BCUT2D eigenvalue weighted by molar-refractivity contribution is 6.04. The normalized spacial score (nSPS) is 10.7. The number of anilines is 1. The molecule has 1 amide bonds. The van der Waals surface area contributed by atoms with E-state index in [0.29, 0.717) is 22.8 Å². The maximum Gasteiger partial charge on any atom is 0.278 e. The zero-order valence-electron chi connectivity index (χ0n) is 14.9. The molecular formula is C20H17N5O2. The molecule has 134 valence electrons. The third-order valence-electron chi connectivity index (χ3n) is 4.30. The van der Waals surface area contributed by atoms with Crippen molar-refractivity contribution in [3.63, 3.8) is 0 Å². The van der Waals surface area contributed by atoms with Crippen molar-refractivity contribution in [3.05, 3.63) is 72.2 Å². The van der Waals surface area contributed by atoms with Crippen molar-refractivity contribution in [1.29, 1.82) is 0 Å². The van der Waals surface area contributed by atoms with Crippen LogP contribution in [0.4, 0.5) is 5.69 Å². The number of rotatable bonds is 4. The van der Waals surface area contributed by atoms with Gasteiger partial charge in [-0.2, -0.15) is 5.10 Å². The second-order valence-corrected chi connectivity index (χ2v) is 5.95. The van der Waals surface area contributed by atoms with E-state index in [9.17, 15) is 4.79 Å². The molecular weight excluding hydrogens is 342 g/mol. The summed E-state index contributed by atoms with van der Waals surface area (Å²) in [5, 5.41) is 15.6. The fourth-order valence-corrected chi connectivity index (χ4v) is 2.91. The Morgan fingerprint density at radius 1 is 1.04 bits per heavy atom. The van der Waals surface area contributed by atoms with E-state index in [1.165, 1.54) is 0 Å². The Bertz CT molecular complexity index is 1120. The summed E-state index contributed by atoms with van der Waals surface area (Å²) < 4.78 is 6.90. The van der Waals surface area contributed by atoms with Gasteiger partial charge in [0.15, 0.2) is 11.3 Å². The number of hydrogen-bond donors (Lipinski definition) is 1. The average molecular weight is 359 g/mol. The summed E-state index contributed by atoms with van der Waals surface area (Å²) in [6, 6.07) is 17.0. The number of fused-ring (bicyclic) bond motifs is 1. The average Bonchev–Trinajstić information content (AvgIpc) is 3.14. The number of nitrogens with zero attached hydrogens (tertiary/aromatic N) is 4. The monoisotopic (exact) mass is 359 g/mol. The highest BCUT2D eigenvalue weighted by Crippen LogP contribution is 2.25. The molecule has 0 radical (unpaired) electrons. The second kappa shape index (κ2) is 6.87. The molecule has 0 saturated heterocycles. The number of benzene rings is 2. The van der Waals surface area contributed by atoms with Crippen LogP contribution in [0.2, 0.25) is 0 Å². The summed E-state index contributed by atoms with van der Waals surface area (Å²) in [6.45, 7) is 1.79. The van der Waals surface area contributed by atoms with Gasteiger partial charge in [-0.15, -0.1) is 10.2 Å². The molecule has 0 fully saturated rings. The summed E-state index contributed by atoms with van der Waals surface area (Å²) in [7, 11) is 1.55. The van der Waals surface area contributed by atoms with Gasteiger partial charge in [0.2, 0.25) is 0 Å². The van der Waals surface area contributed by atoms with Crippen molar-refractivity contribution < 1.29 is 9.53 Å². The highest BCUT2D eigenvalue weighted by Gasteiger charge is 2.19. The molecule has 0 aliphatic carbocycles. The van der Waals surface area contributed by atoms with Crippen molar-refractivity contribution in [3.8, 4) is 16.9 Å². The van der Waals surface area contributed by atoms with E-state index < -0.39 is 0 Å². The van der Waals surface area contributed by atoms with Gasteiger partial charge in [0, 0.05) is 5.56 Å². The van der Waals surface area contributed by atoms with E-state index in [2.05, 4.69) is 20.6 Å². The predicted octanol–water partition coefficient (Wildman–Crippen LogP) is 3.36. The van der Waals surface area contributed by atoms with Gasteiger partial charge < -0.3 is 10.1 Å². The number of aryl methyl sites for hydroxylation is 1. The molecule has 0 saturated carbocycles. The van der Waals surface area contributed by atoms with Crippen LogP contribution in [0.25, 0.3) is 16.8 Å². The van der Waals surface area contributed by atoms with Gasteiger partial charge in [-0.3, -0.25) is 4.79 Å². The van der Waals surface area contributed by atoms with Crippen LogP contribution in [-0.2, 0) is 0 Å². The first-order valence-electron chi connectivity index (χ1n) is 8.40. The van der Waals surface area contributed by atoms with Crippen molar-refractivity contribution in [2.24, 2.45) is 0 Å². The number of amides is 1. The number of para-hydroxylation sites is 2. The van der Waals surface area contributed by atoms with Crippen LogP contribution in [0, 0.1) is 6.92 Å². The van der Waals surface area contributed by atoms with Crippen LogP contribution in [0.1, 0.15) is 16.2 Å². The number of methoxy groups -OCH3 is 1. The topological polar surface area (TPSA) is 81.4 Å². The Hall–Kier alpha value is -3.74. The van der Waals surface area contributed by atoms with Crippen molar-refractivity contribution in [2.75, 3.05) is 12.4 Å². The van der Waals surface area contributed by atoms with Gasteiger partial charge in [0.1, 0.15) is 5.75 Å². The minimum absolute atomic E-state index is 0.205. The molecule has 7 heteroatoms. The molecule has 4 aromatic rings. The number of ether oxygens (including phenoxy) is 1. The maximum atomic E-state index is 12.7. The van der Waals surface area contributed by atoms with Gasteiger partial charge >= 0.3 is 0 Å². The Kier molecular flexibility index (Phi) is 4.25. The molecule has 1 N–H and O–H groups in total. The largest absolute Gasteiger partial charge is 0.495 e. The molecule has 7 nitrogen and oxygen atoms in total. The van der Waals surface area contributed by atoms with Crippen LogP contribution >= 0.6 is 0 Å². The lowest BCUT2D eigenvalue weighted by Crippen LogP contribution is -2.19. The maximum absolute atomic E-state index is 12.7. The van der Waals surface area contributed by atoms with Crippen molar-refractivity contribution in [2.45, 2.75) is 6.92 Å². The zero-order chi connectivity index (χ0) is 18.8. The Morgan fingerprint density at radius 2 is 1.78 bits per heavy atom. The van der Waals surface area contributed by atoms with Gasteiger partial charge in [0.05, 0.1) is 24.7 Å². The first-order chi connectivity index (χ1) is 13.2. The first-order valence-corrected chi connectivity index (χ1v) is 8.40. The lowest BCUT2D eigenvalue weighted by atomic mass is 10.1. The molecule has 0 aliphatic heterocycles. The molecule has 2 aromatic heterocycles. The molecule has 0 spiro atoms. The number of hydrogen-bond acceptors (Lipinski definition) is 5. The third kappa shape index (κ3) is 2.99. The summed E-state index contributed by atoms with van der Waals surface area (Å²) in [5.74, 6) is 0.200. The van der Waals surface area contributed by atoms with E-state index in [-0.39, 0.29) is 11.6 Å². The standard InChI is InChI=1S/C20H17N5O2/c1-13-18(20(26)22-16-10-6-7-11-17(16)27-2)23-24-19-15(12-21-25(13)19)14-8-4-3-5-9-14/h3-12H,1-2H3,(H,22,26). The van der Waals surface area contributed by atoms with Crippen LogP contribution in [0.5, 0.6) is 5.75 Å². The van der Waals surface area contributed by atoms with Gasteiger partial charge in [0.25, 0.3) is 5.91 Å². The molecule has 0 aliphatic rings. The molecule has 2 aromatic carbocycles. The van der Waals surface area contributed by atoms with E-state index in [1.807, 2.05) is 42.5 Å². The molecule has 2 heterocycles. The molecule has 27 heavy (non-hydrogen) atoms. The fraction of sp³-hybridized carbons (Fsp3) is 0.100. The fourth-order valence-electron chi connectivity index (χ4n) is 2.91. The molecule has 0 unspecified atom stereocenters. The van der Waals surface area contributed by atoms with Crippen LogP contribution in [-0.4, -0.2) is 32.8 Å². The quantitative estimate of drug-likeness (QED) is 0.604. The van der Waals surface area contributed by atoms with Gasteiger partial charge in [-0.05, 0) is 24.6 Å². The highest BCUT2D eigenvalue weighted by atomic mass is 16.5. The second-order valence-electron chi connectivity index (χ2n) is 5.95. The number of carbonyl (C=O) groups excluding carboxylic acids is 1. The first kappa shape index (κ1) is 16.7. The van der Waals surface area contributed by atoms with E-state index in [4.69, 9.17) is 4.74 Å². The number of nitrogens with one attached hydrogen (secondary N) is 1. The van der Waals surface area contributed by atoms with Crippen molar-refractivity contribution in [1.82, 2.24) is 19.8 Å². The summed E-state index contributed by atoms with van der Waals surface area (Å²) in [5.41, 5.74) is 3.84. The Balaban J connectivity index is 1.71. The smallest absolute Gasteiger partial charge is 0.278 e. The summed E-state index contributed by atoms with van der Waals surface area (Å²) in [4.78, 5) is 12.7. The minimum atomic E-state index is -0.372. The molecule has 0 bridgehead atoms. The number of aromatic nitrogens is 4. The molecule has 4 rings (SSSR count). The SMILES string of the molecule is COc1ccccc1NC(=O)c1nnc2c(-c3ccccc3)cnn2c1C. The van der Waals surface area contributed by atoms with Crippen LogP contribution < -0.4 is 10.1 Å². The summed E-state index contributed by atoms with van der Waals surface area (Å²) in [6.07, 6.45) is 1.73. The van der Waals surface area contributed by atoms with Gasteiger partial charge in [-0.25, -0.2) is 4.52 Å². The third-order valence-corrected chi connectivity index (χ3v) is 4.30. The predicted molar refractivity (Wildman–Crippen MR) is 102 cm³/mol. The van der Waals surface area contributed by atoms with Gasteiger partial charge in [-0.1, -0.05) is 42.5 Å². The van der Waals surface area contributed by atoms with Crippen LogP contribution in [0.3, 0.4) is 0 Å². The molecule has 0 atom stereocenters. The van der Waals surface area contributed by atoms with Crippen molar-refractivity contribution >= 4 is 17.2 Å². The Labute approximate surface area is 155 Å². The summed E-state index contributed by atoms with van der Waals surface area (Å²) >= 11 is 0. The van der Waals surface area contributed by atoms with E-state index >= 15 is 0 Å². The Morgan fingerprint density at radius 3 is 2.56 bits per heavy atom. The van der Waals surface area contributed by atoms with E-state index in [1.54, 1.807) is 36.9 Å². The zero-order valence-corrected chi connectivity index (χ0v) is 14.9. The minimum Gasteiger partial charge on any atom is -0.495 e. The van der Waals surface area contributed by atoms with E-state index in [0.717, 1.165) is 11.1 Å². The van der Waals surface area contributed by atoms with Crippen LogP contribution in [0.15, 0.2) is 60.8 Å².